The summed E-state index contributed by atoms with van der Waals surface area (Å²) >= 11 is 0. The number of hydrogen-bond acceptors (Lipinski definition) is 0. The van der Waals surface area contributed by atoms with Crippen LogP contribution in [0, 0.1) is 0 Å². The van der Waals surface area contributed by atoms with Gasteiger partial charge >= 0.3 is 6.18 Å². The van der Waals surface area contributed by atoms with E-state index < -0.39 is 11.7 Å². The molecule has 0 spiro atoms. The van der Waals surface area contributed by atoms with Gasteiger partial charge in [0.15, 0.2) is 0 Å². The average Bonchev–Trinajstić information content (AvgIpc) is 3.43. The summed E-state index contributed by atoms with van der Waals surface area (Å²) in [6, 6.07) is 34.8. The molecule has 0 atom stereocenters. The molecule has 1 N–H and O–H groups in total. The van der Waals surface area contributed by atoms with Crippen LogP contribution in [0.3, 0.4) is 0 Å². The van der Waals surface area contributed by atoms with E-state index in [0.717, 1.165) is 44.8 Å². The number of nitrogens with one attached hydrogen (secondary N) is 1. The van der Waals surface area contributed by atoms with E-state index in [1.54, 1.807) is 0 Å². The van der Waals surface area contributed by atoms with E-state index in [-0.39, 0.29) is 0 Å². The van der Waals surface area contributed by atoms with Gasteiger partial charge in [0.1, 0.15) is 0 Å². The Labute approximate surface area is 204 Å². The lowest BCUT2D eigenvalue weighted by atomic mass is 10.0. The molecule has 0 unspecified atom stereocenters. The van der Waals surface area contributed by atoms with Gasteiger partial charge in [-0.25, -0.2) is 0 Å². The van der Waals surface area contributed by atoms with Gasteiger partial charge in [-0.3, -0.25) is 0 Å². The third-order valence-corrected chi connectivity index (χ3v) is 6.96. The molecule has 0 amide bonds. The number of para-hydroxylation sites is 2. The predicted molar refractivity (Wildman–Crippen MR) is 141 cm³/mol. The first-order chi connectivity index (χ1) is 17.5. The Bertz CT molecular complexity index is 1870. The van der Waals surface area contributed by atoms with Crippen molar-refractivity contribution in [2.24, 2.45) is 0 Å². The molecule has 0 saturated carbocycles. The maximum absolute atomic E-state index is 13.3. The maximum Gasteiger partial charge on any atom is 0.416 e. The predicted octanol–water partition coefficient (Wildman–Crippen LogP) is 9.10. The fraction of sp³-hybridized carbons (Fsp3) is 0.0323. The summed E-state index contributed by atoms with van der Waals surface area (Å²) in [7, 11) is 0. The lowest BCUT2D eigenvalue weighted by Crippen LogP contribution is -2.03. The number of halogens is 3. The lowest BCUT2D eigenvalue weighted by molar-refractivity contribution is -0.137. The second kappa shape index (κ2) is 7.49. The molecule has 0 saturated heterocycles. The van der Waals surface area contributed by atoms with E-state index in [4.69, 9.17) is 0 Å². The van der Waals surface area contributed by atoms with Crippen LogP contribution in [-0.4, -0.2) is 9.55 Å². The highest BCUT2D eigenvalue weighted by atomic mass is 19.4. The molecule has 0 radical (unpaired) electrons. The molecule has 7 rings (SSSR count). The molecule has 0 aliphatic carbocycles. The molecular formula is C31H19F3N2. The first-order valence-corrected chi connectivity index (χ1v) is 11.7. The van der Waals surface area contributed by atoms with Gasteiger partial charge < -0.3 is 9.55 Å². The summed E-state index contributed by atoms with van der Waals surface area (Å²) in [5.41, 5.74) is 6.17. The Morgan fingerprint density at radius 3 is 1.72 bits per heavy atom. The Hall–Kier alpha value is -4.51. The maximum atomic E-state index is 13.3. The monoisotopic (exact) mass is 476 g/mol. The molecule has 0 bridgehead atoms. The van der Waals surface area contributed by atoms with Crippen molar-refractivity contribution in [3.8, 4) is 16.8 Å². The topological polar surface area (TPSA) is 20.7 Å². The Morgan fingerprint density at radius 2 is 1.08 bits per heavy atom. The molecule has 174 valence electrons. The molecule has 0 aliphatic rings. The number of aromatic nitrogens is 2. The minimum Gasteiger partial charge on any atom is -0.355 e. The van der Waals surface area contributed by atoms with E-state index in [0.29, 0.717) is 10.9 Å². The van der Waals surface area contributed by atoms with Crippen molar-refractivity contribution in [2.75, 3.05) is 0 Å². The largest absolute Gasteiger partial charge is 0.416 e. The van der Waals surface area contributed by atoms with Crippen LogP contribution in [0.15, 0.2) is 109 Å². The molecule has 5 aromatic carbocycles. The van der Waals surface area contributed by atoms with Crippen molar-refractivity contribution >= 4 is 43.6 Å². The Balaban J connectivity index is 1.35. The highest BCUT2D eigenvalue weighted by Gasteiger charge is 2.30. The zero-order valence-corrected chi connectivity index (χ0v) is 19.0. The Morgan fingerprint density at radius 1 is 0.528 bits per heavy atom. The molecule has 2 heterocycles. The van der Waals surface area contributed by atoms with Gasteiger partial charge in [-0.05, 0) is 65.7 Å². The molecule has 0 fully saturated rings. The van der Waals surface area contributed by atoms with Crippen LogP contribution in [-0.2, 0) is 6.18 Å². The molecule has 2 aromatic heterocycles. The molecule has 5 heteroatoms. The van der Waals surface area contributed by atoms with Crippen molar-refractivity contribution < 1.29 is 13.2 Å². The highest BCUT2D eigenvalue weighted by Crippen LogP contribution is 2.36. The summed E-state index contributed by atoms with van der Waals surface area (Å²) in [5.74, 6) is 0. The van der Waals surface area contributed by atoms with E-state index >= 15 is 0 Å². The third kappa shape index (κ3) is 3.13. The number of H-pyrrole nitrogens is 1. The Kier molecular flexibility index (Phi) is 4.33. The smallest absolute Gasteiger partial charge is 0.355 e. The SMILES string of the molecule is FC(F)(F)c1ccc2[nH]c3ccc(-c4ccc(-n5c6ccccc6c6ccccc65)cc4)cc3c2c1. The number of rotatable bonds is 2. The summed E-state index contributed by atoms with van der Waals surface area (Å²) in [5, 5.41) is 3.77. The van der Waals surface area contributed by atoms with E-state index in [1.807, 2.05) is 30.3 Å². The van der Waals surface area contributed by atoms with Crippen LogP contribution >= 0.6 is 0 Å². The van der Waals surface area contributed by atoms with Crippen LogP contribution in [0.2, 0.25) is 0 Å². The fourth-order valence-electron chi connectivity index (χ4n) is 5.26. The van der Waals surface area contributed by atoms with Crippen molar-refractivity contribution in [2.45, 2.75) is 6.18 Å². The van der Waals surface area contributed by atoms with Gasteiger partial charge in [0.05, 0.1) is 16.6 Å². The van der Waals surface area contributed by atoms with Gasteiger partial charge in [0, 0.05) is 38.3 Å². The number of aromatic amines is 1. The minimum atomic E-state index is -4.38. The van der Waals surface area contributed by atoms with E-state index in [1.165, 1.54) is 22.9 Å². The molecule has 2 nitrogen and oxygen atoms in total. The zero-order valence-electron chi connectivity index (χ0n) is 19.0. The minimum absolute atomic E-state index is 0.573. The number of fused-ring (bicyclic) bond motifs is 6. The third-order valence-electron chi connectivity index (χ3n) is 6.96. The van der Waals surface area contributed by atoms with Gasteiger partial charge in [-0.1, -0.05) is 54.6 Å². The standard InChI is InChI=1S/C31H19F3N2/c32-31(33,34)21-12-16-28-26(18-21)25-17-20(11-15-27(25)35-28)19-9-13-22(14-10-19)36-29-7-3-1-5-23(29)24-6-2-4-8-30(24)36/h1-18,35H. The van der Waals surface area contributed by atoms with Gasteiger partial charge in [-0.15, -0.1) is 0 Å². The first kappa shape index (κ1) is 20.8. The van der Waals surface area contributed by atoms with Crippen molar-refractivity contribution in [1.29, 1.82) is 0 Å². The number of nitrogens with zero attached hydrogens (tertiary/aromatic N) is 1. The molecule has 7 aromatic rings. The lowest BCUT2D eigenvalue weighted by Gasteiger charge is -2.09. The van der Waals surface area contributed by atoms with Crippen LogP contribution < -0.4 is 0 Å². The normalized spacial score (nSPS) is 12.3. The number of benzene rings is 5. The molecule has 36 heavy (non-hydrogen) atoms. The molecule has 0 aliphatic heterocycles. The quantitative estimate of drug-likeness (QED) is 0.257. The van der Waals surface area contributed by atoms with Crippen LogP contribution in [0.5, 0.6) is 0 Å². The number of alkyl halides is 3. The fourth-order valence-corrected chi connectivity index (χ4v) is 5.26. The van der Waals surface area contributed by atoms with Crippen LogP contribution in [0.25, 0.3) is 60.4 Å². The van der Waals surface area contributed by atoms with E-state index in [9.17, 15) is 13.2 Å². The van der Waals surface area contributed by atoms with E-state index in [2.05, 4.69) is 70.2 Å². The summed E-state index contributed by atoms with van der Waals surface area (Å²) in [6.45, 7) is 0. The first-order valence-electron chi connectivity index (χ1n) is 11.7. The van der Waals surface area contributed by atoms with Crippen molar-refractivity contribution in [3.05, 3.63) is 115 Å². The second-order valence-corrected chi connectivity index (χ2v) is 9.06. The zero-order chi connectivity index (χ0) is 24.4. The second-order valence-electron chi connectivity index (χ2n) is 9.06. The molecular weight excluding hydrogens is 457 g/mol. The average molecular weight is 477 g/mol. The van der Waals surface area contributed by atoms with Gasteiger partial charge in [0.2, 0.25) is 0 Å². The van der Waals surface area contributed by atoms with Crippen LogP contribution in [0.1, 0.15) is 5.56 Å². The number of hydrogen-bond donors (Lipinski definition) is 1. The van der Waals surface area contributed by atoms with Crippen molar-refractivity contribution in [1.82, 2.24) is 9.55 Å². The van der Waals surface area contributed by atoms with Gasteiger partial charge in [0.25, 0.3) is 0 Å². The van der Waals surface area contributed by atoms with Crippen molar-refractivity contribution in [3.63, 3.8) is 0 Å². The van der Waals surface area contributed by atoms with Crippen LogP contribution in [0.4, 0.5) is 13.2 Å². The van der Waals surface area contributed by atoms with Gasteiger partial charge in [-0.2, -0.15) is 13.2 Å². The summed E-state index contributed by atoms with van der Waals surface area (Å²) < 4.78 is 42.2. The summed E-state index contributed by atoms with van der Waals surface area (Å²) in [6.07, 6.45) is -4.38. The highest BCUT2D eigenvalue weighted by molar-refractivity contribution is 6.10. The summed E-state index contributed by atoms with van der Waals surface area (Å²) in [4.78, 5) is 3.23.